The van der Waals surface area contributed by atoms with Gasteiger partial charge in [-0.15, -0.1) is 0 Å². The molecule has 0 unspecified atom stereocenters. The predicted molar refractivity (Wildman–Crippen MR) is 160 cm³/mol. The summed E-state index contributed by atoms with van der Waals surface area (Å²) >= 11 is 0. The van der Waals surface area contributed by atoms with Gasteiger partial charge < -0.3 is 25.3 Å². The summed E-state index contributed by atoms with van der Waals surface area (Å²) in [6.07, 6.45) is 5.91. The van der Waals surface area contributed by atoms with E-state index in [-0.39, 0.29) is 19.1 Å². The highest BCUT2D eigenvalue weighted by atomic mass is 19.1. The van der Waals surface area contributed by atoms with Crippen LogP contribution in [0, 0.1) is 0 Å². The normalized spacial score (nSPS) is 23.4. The molecule has 0 radical (unpaired) electrons. The molecule has 9 nitrogen and oxygen atoms in total. The van der Waals surface area contributed by atoms with E-state index in [2.05, 4.69) is 22.1 Å². The van der Waals surface area contributed by atoms with Crippen LogP contribution in [0.4, 0.5) is 27.5 Å². The van der Waals surface area contributed by atoms with E-state index in [4.69, 9.17) is 15.0 Å². The summed E-state index contributed by atoms with van der Waals surface area (Å²) in [4.78, 5) is 23.0. The molecule has 3 N–H and O–H groups in total. The summed E-state index contributed by atoms with van der Waals surface area (Å²) in [5.74, 6) is 2.54. The van der Waals surface area contributed by atoms with Crippen molar-refractivity contribution in [3.05, 3.63) is 60.6 Å². The van der Waals surface area contributed by atoms with Crippen molar-refractivity contribution >= 4 is 33.9 Å². The minimum absolute atomic E-state index is 0.0214. The molecule has 2 aliphatic rings. The Balaban J connectivity index is 1.32. The number of nitrogens with one attached hydrogen (secondary N) is 1. The molecule has 41 heavy (non-hydrogen) atoms. The molecule has 4 atom stereocenters. The lowest BCUT2D eigenvalue weighted by Crippen LogP contribution is -2.52. The van der Waals surface area contributed by atoms with Crippen LogP contribution in [-0.2, 0) is 0 Å². The number of benzene rings is 1. The summed E-state index contributed by atoms with van der Waals surface area (Å²) in [6.45, 7) is 7.24. The quantitative estimate of drug-likeness (QED) is 0.294. The third kappa shape index (κ3) is 5.17. The van der Waals surface area contributed by atoms with Gasteiger partial charge in [-0.3, -0.25) is 0 Å². The van der Waals surface area contributed by atoms with Crippen molar-refractivity contribution in [3.8, 4) is 11.4 Å². The Hall–Kier alpha value is -3.89. The zero-order valence-corrected chi connectivity index (χ0v) is 23.6. The number of aromatic nitrogens is 4. The van der Waals surface area contributed by atoms with Crippen LogP contribution < -0.4 is 15.1 Å². The summed E-state index contributed by atoms with van der Waals surface area (Å²) in [6, 6.07) is 11.9. The molecule has 214 valence electrons. The number of anilines is 4. The second-order valence-corrected chi connectivity index (χ2v) is 11.5. The highest BCUT2D eigenvalue weighted by molar-refractivity contribution is 5.96. The molecule has 6 rings (SSSR count). The fraction of sp³-hybridized carbons (Fsp3) is 0.419. The van der Waals surface area contributed by atoms with Gasteiger partial charge in [0.25, 0.3) is 0 Å². The Morgan fingerprint density at radius 2 is 1.90 bits per heavy atom. The molecule has 0 amide bonds. The Bertz CT molecular complexity index is 1570. The van der Waals surface area contributed by atoms with Crippen molar-refractivity contribution < 1.29 is 14.6 Å². The maximum atomic E-state index is 15.0. The number of piperidine rings is 1. The van der Waals surface area contributed by atoms with E-state index in [1.165, 1.54) is 6.92 Å². The molecule has 0 aliphatic carbocycles. The van der Waals surface area contributed by atoms with Crippen molar-refractivity contribution in [2.75, 3.05) is 41.4 Å². The molecule has 2 aliphatic heterocycles. The Kier molecular flexibility index (Phi) is 7.21. The van der Waals surface area contributed by atoms with Crippen LogP contribution in [0.5, 0.6) is 0 Å². The van der Waals surface area contributed by atoms with Crippen LogP contribution in [-0.4, -0.2) is 74.2 Å². The fourth-order valence-electron chi connectivity index (χ4n) is 5.73. The summed E-state index contributed by atoms with van der Waals surface area (Å²) in [7, 11) is 0. The van der Waals surface area contributed by atoms with E-state index >= 15 is 4.39 Å². The number of hydrogen-bond donors (Lipinski definition) is 3. The Morgan fingerprint density at radius 3 is 2.63 bits per heavy atom. The number of aliphatic hydroxyl groups is 2. The predicted octanol–water partition coefficient (Wildman–Crippen LogP) is 4.82. The number of nitrogens with zero attached hydrogens (tertiary/aromatic N) is 6. The summed E-state index contributed by atoms with van der Waals surface area (Å²) < 4.78 is 15.0. The standard InChI is InChI=1S/C31H36FN7O2/c1-19(17-40)23-15-35-30(39-13-9-20(39)2)24-16-34-28(14-22(23)24)36-27-8-11-33-29(37-27)21-6-4-5-7-25(21)38-12-10-26(41)31(3,32)18-38/h4-8,11,14-16,19-20,26,40-41H,9-10,12-13,17-18H2,1-3H3,(H,33,34,36,37)/t19-,20+,26-,31+/m1/s1. The molecule has 4 aromatic rings. The molecular formula is C31H36FN7O2. The first-order valence-electron chi connectivity index (χ1n) is 14.2. The van der Waals surface area contributed by atoms with E-state index in [1.807, 2.05) is 54.5 Å². The van der Waals surface area contributed by atoms with Gasteiger partial charge in [0, 0.05) is 66.9 Å². The summed E-state index contributed by atoms with van der Waals surface area (Å²) in [5, 5.41) is 25.3. The molecular weight excluding hydrogens is 521 g/mol. The highest BCUT2D eigenvalue weighted by Gasteiger charge is 2.39. The van der Waals surface area contributed by atoms with E-state index in [0.717, 1.165) is 46.4 Å². The molecule has 0 saturated carbocycles. The van der Waals surface area contributed by atoms with Gasteiger partial charge >= 0.3 is 0 Å². The monoisotopic (exact) mass is 557 g/mol. The third-order valence-corrected chi connectivity index (χ3v) is 8.44. The van der Waals surface area contributed by atoms with E-state index < -0.39 is 11.8 Å². The van der Waals surface area contributed by atoms with Crippen LogP contribution in [0.2, 0.25) is 0 Å². The molecule has 10 heteroatoms. The largest absolute Gasteiger partial charge is 0.396 e. The van der Waals surface area contributed by atoms with Gasteiger partial charge in [0.15, 0.2) is 11.5 Å². The lowest BCUT2D eigenvalue weighted by atomic mass is 9.92. The highest BCUT2D eigenvalue weighted by Crippen LogP contribution is 2.37. The lowest BCUT2D eigenvalue weighted by molar-refractivity contribution is -0.00823. The van der Waals surface area contributed by atoms with E-state index in [1.54, 1.807) is 12.3 Å². The molecule has 0 spiro atoms. The molecule has 2 saturated heterocycles. The van der Waals surface area contributed by atoms with Crippen molar-refractivity contribution in [3.63, 3.8) is 0 Å². The van der Waals surface area contributed by atoms with Gasteiger partial charge in [-0.1, -0.05) is 19.1 Å². The van der Waals surface area contributed by atoms with E-state index in [0.29, 0.717) is 36.5 Å². The van der Waals surface area contributed by atoms with Crippen LogP contribution in [0.25, 0.3) is 22.2 Å². The minimum atomic E-state index is -1.70. The first-order chi connectivity index (χ1) is 19.7. The van der Waals surface area contributed by atoms with Crippen molar-refractivity contribution in [2.45, 2.75) is 57.3 Å². The van der Waals surface area contributed by atoms with Gasteiger partial charge in [-0.25, -0.2) is 24.3 Å². The molecule has 1 aromatic carbocycles. The smallest absolute Gasteiger partial charge is 0.163 e. The topological polar surface area (TPSA) is 111 Å². The SMILES string of the molecule is C[C@H](CO)c1cnc(N2CC[C@@H]2C)c2cnc(Nc3ccnc(-c4ccccc4N4CC[C@@H](O)[C@@](C)(F)C4)n3)cc12. The van der Waals surface area contributed by atoms with Crippen molar-refractivity contribution in [1.29, 1.82) is 0 Å². The Labute approximate surface area is 239 Å². The Morgan fingerprint density at radius 1 is 1.07 bits per heavy atom. The number of rotatable bonds is 7. The van der Waals surface area contributed by atoms with Crippen molar-refractivity contribution in [1.82, 2.24) is 19.9 Å². The van der Waals surface area contributed by atoms with Gasteiger partial charge in [0.1, 0.15) is 17.5 Å². The number of para-hydroxylation sites is 1. The first kappa shape index (κ1) is 27.3. The first-order valence-corrected chi connectivity index (χ1v) is 14.2. The number of halogens is 1. The zero-order chi connectivity index (χ0) is 28.7. The summed E-state index contributed by atoms with van der Waals surface area (Å²) in [5.41, 5.74) is 0.876. The number of alkyl halides is 1. The fourth-order valence-corrected chi connectivity index (χ4v) is 5.73. The molecule has 3 aromatic heterocycles. The number of fused-ring (bicyclic) bond motifs is 1. The maximum absolute atomic E-state index is 15.0. The molecule has 2 fully saturated rings. The molecule has 5 heterocycles. The second kappa shape index (κ2) is 10.8. The van der Waals surface area contributed by atoms with Crippen LogP contribution in [0.1, 0.15) is 45.1 Å². The van der Waals surface area contributed by atoms with Gasteiger partial charge in [0.05, 0.1) is 12.6 Å². The second-order valence-electron chi connectivity index (χ2n) is 11.5. The number of hydrogen-bond acceptors (Lipinski definition) is 9. The van der Waals surface area contributed by atoms with Crippen LogP contribution >= 0.6 is 0 Å². The van der Waals surface area contributed by atoms with Gasteiger partial charge in [0.2, 0.25) is 0 Å². The van der Waals surface area contributed by atoms with Gasteiger partial charge in [-0.05, 0) is 61.9 Å². The van der Waals surface area contributed by atoms with Crippen LogP contribution in [0.15, 0.2) is 55.0 Å². The third-order valence-electron chi connectivity index (χ3n) is 8.44. The number of pyridine rings is 2. The van der Waals surface area contributed by atoms with Crippen molar-refractivity contribution in [2.24, 2.45) is 0 Å². The van der Waals surface area contributed by atoms with E-state index in [9.17, 15) is 10.2 Å². The maximum Gasteiger partial charge on any atom is 0.163 e. The number of aliphatic hydroxyl groups excluding tert-OH is 2. The zero-order valence-electron chi connectivity index (χ0n) is 23.6. The lowest BCUT2D eigenvalue weighted by Gasteiger charge is -2.40. The van der Waals surface area contributed by atoms with Gasteiger partial charge in [-0.2, -0.15) is 0 Å². The molecule has 0 bridgehead atoms. The minimum Gasteiger partial charge on any atom is -0.396 e. The van der Waals surface area contributed by atoms with Crippen LogP contribution in [0.3, 0.4) is 0 Å². The average molecular weight is 558 g/mol. The average Bonchev–Trinajstić information content (AvgIpc) is 2.97.